The molecule has 0 atom stereocenters. The third kappa shape index (κ3) is 17.9. The highest BCUT2D eigenvalue weighted by Crippen LogP contribution is 1.72. The maximum atomic E-state index is 10.3. The lowest BCUT2D eigenvalue weighted by Crippen LogP contribution is -2.23. The summed E-state index contributed by atoms with van der Waals surface area (Å²) in [5, 5.41) is 2.49. The van der Waals surface area contributed by atoms with Gasteiger partial charge in [0.1, 0.15) is 0 Å². The Hall–Kier alpha value is -1.52. The fourth-order valence-corrected chi connectivity index (χ4v) is 0.326. The van der Waals surface area contributed by atoms with E-state index in [-0.39, 0.29) is 6.09 Å². The molecule has 5 nitrogen and oxygen atoms in total. The van der Waals surface area contributed by atoms with Gasteiger partial charge in [-0.25, -0.2) is 4.79 Å². The predicted molar refractivity (Wildman–Crippen MR) is 50.1 cm³/mol. The molecule has 0 radical (unpaired) electrons. The van der Waals surface area contributed by atoms with Crippen molar-refractivity contribution < 1.29 is 14.3 Å². The van der Waals surface area contributed by atoms with Crippen molar-refractivity contribution in [3.63, 3.8) is 0 Å². The second-order valence-corrected chi connectivity index (χ2v) is 1.86. The van der Waals surface area contributed by atoms with Gasteiger partial charge in [-0.3, -0.25) is 4.79 Å². The van der Waals surface area contributed by atoms with Crippen LogP contribution in [0.5, 0.6) is 0 Å². The molecule has 0 aliphatic rings. The molecule has 0 saturated heterocycles. The highest BCUT2D eigenvalue weighted by molar-refractivity contribution is 5.84. The average Bonchev–Trinajstić information content (AvgIpc) is 2.06. The lowest BCUT2D eigenvalue weighted by molar-refractivity contribution is -0.113. The van der Waals surface area contributed by atoms with Crippen LogP contribution in [0.2, 0.25) is 0 Å². The highest BCUT2D eigenvalue weighted by Gasteiger charge is 1.92. The van der Waals surface area contributed by atoms with E-state index >= 15 is 0 Å². The lowest BCUT2D eigenvalue weighted by Gasteiger charge is -1.99. The number of alkyl carbamates (subject to hydrolysis) is 1. The number of amides is 2. The number of carbonyl (C=O) groups is 2. The van der Waals surface area contributed by atoms with Crippen LogP contribution in [0.3, 0.4) is 0 Å². The van der Waals surface area contributed by atoms with Gasteiger partial charge >= 0.3 is 6.09 Å². The van der Waals surface area contributed by atoms with Crippen molar-refractivity contribution in [2.75, 3.05) is 13.2 Å². The molecule has 76 valence electrons. The largest absolute Gasteiger partial charge is 0.450 e. The van der Waals surface area contributed by atoms with Crippen molar-refractivity contribution >= 4 is 12.0 Å². The molecule has 0 saturated carbocycles. The second kappa shape index (κ2) is 10.5. The summed E-state index contributed by atoms with van der Waals surface area (Å²) >= 11 is 0. The van der Waals surface area contributed by atoms with Crippen LogP contribution < -0.4 is 11.1 Å². The molecule has 2 amide bonds. The smallest absolute Gasteiger partial charge is 0.407 e. The van der Waals surface area contributed by atoms with Crippen molar-refractivity contribution in [1.82, 2.24) is 5.32 Å². The normalized spacial score (nSPS) is 7.54. The molecule has 0 aromatic rings. The quantitative estimate of drug-likeness (QED) is 0.629. The van der Waals surface area contributed by atoms with Gasteiger partial charge < -0.3 is 15.8 Å². The lowest BCUT2D eigenvalue weighted by atomic mass is 10.6. The van der Waals surface area contributed by atoms with Crippen molar-refractivity contribution in [1.29, 1.82) is 0 Å². The maximum absolute atomic E-state index is 10.3. The molecule has 0 heterocycles. The van der Waals surface area contributed by atoms with Crippen molar-refractivity contribution in [2.45, 2.75) is 13.8 Å². The summed E-state index contributed by atoms with van der Waals surface area (Å²) in [7, 11) is 0. The molecule has 0 spiro atoms. The number of primary amides is 1. The van der Waals surface area contributed by atoms with E-state index in [1.54, 1.807) is 6.92 Å². The Labute approximate surface area is 77.9 Å². The molecule has 5 heteroatoms. The van der Waals surface area contributed by atoms with Crippen LogP contribution in [0, 0.1) is 0 Å². The van der Waals surface area contributed by atoms with Crippen LogP contribution in [-0.2, 0) is 9.53 Å². The summed E-state index contributed by atoms with van der Waals surface area (Å²) in [6, 6.07) is 0. The molecule has 0 fully saturated rings. The summed E-state index contributed by atoms with van der Waals surface area (Å²) in [5.74, 6) is -0.481. The Bertz CT molecular complexity index is 161. The monoisotopic (exact) mass is 188 g/mol. The van der Waals surface area contributed by atoms with Gasteiger partial charge in [-0.1, -0.05) is 6.58 Å². The Morgan fingerprint density at radius 3 is 2.23 bits per heavy atom. The summed E-state index contributed by atoms with van der Waals surface area (Å²) in [6.45, 7) is 7.76. The van der Waals surface area contributed by atoms with E-state index in [0.29, 0.717) is 13.2 Å². The Morgan fingerprint density at radius 2 is 2.00 bits per heavy atom. The van der Waals surface area contributed by atoms with Gasteiger partial charge in [0.2, 0.25) is 5.91 Å². The van der Waals surface area contributed by atoms with E-state index < -0.39 is 5.91 Å². The number of rotatable bonds is 3. The van der Waals surface area contributed by atoms with Gasteiger partial charge in [-0.15, -0.1) is 0 Å². The summed E-state index contributed by atoms with van der Waals surface area (Å²) in [4.78, 5) is 19.8. The van der Waals surface area contributed by atoms with E-state index in [0.717, 1.165) is 6.08 Å². The van der Waals surface area contributed by atoms with Crippen LogP contribution in [0.4, 0.5) is 4.79 Å². The predicted octanol–water partition coefficient (Wildman–Crippen LogP) is 0.410. The Morgan fingerprint density at radius 1 is 1.54 bits per heavy atom. The van der Waals surface area contributed by atoms with E-state index in [1.165, 1.54) is 0 Å². The van der Waals surface area contributed by atoms with Gasteiger partial charge in [-0.2, -0.15) is 0 Å². The average molecular weight is 188 g/mol. The highest BCUT2D eigenvalue weighted by atomic mass is 16.5. The number of nitrogens with one attached hydrogen (secondary N) is 1. The van der Waals surface area contributed by atoms with Gasteiger partial charge in [0.15, 0.2) is 0 Å². The van der Waals surface area contributed by atoms with Crippen LogP contribution >= 0.6 is 0 Å². The molecule has 0 aromatic heterocycles. The third-order valence-electron chi connectivity index (χ3n) is 0.798. The molecular weight excluding hydrogens is 172 g/mol. The fraction of sp³-hybridized carbons (Fsp3) is 0.500. The molecule has 0 bridgehead atoms. The topological polar surface area (TPSA) is 81.4 Å². The molecular formula is C8H16N2O3. The van der Waals surface area contributed by atoms with Gasteiger partial charge in [0.05, 0.1) is 6.61 Å². The zero-order valence-corrected chi connectivity index (χ0v) is 8.00. The Balaban J connectivity index is 0. The summed E-state index contributed by atoms with van der Waals surface area (Å²) < 4.78 is 4.53. The first-order valence-corrected chi connectivity index (χ1v) is 3.90. The molecule has 13 heavy (non-hydrogen) atoms. The molecule has 0 aromatic carbocycles. The zero-order valence-electron chi connectivity index (χ0n) is 8.00. The molecule has 0 aliphatic carbocycles. The zero-order chi connectivity index (χ0) is 10.7. The first-order valence-electron chi connectivity index (χ1n) is 3.90. The standard InChI is InChI=1S/C5H11NO2.C3H5NO/c1-3-6-5(7)8-4-2;1-2-3(4)5/h3-4H2,1-2H3,(H,6,7);2H,1H2,(H2,4,5). The van der Waals surface area contributed by atoms with Crippen LogP contribution in [0.15, 0.2) is 12.7 Å². The molecule has 3 N–H and O–H groups in total. The molecule has 0 rings (SSSR count). The first-order chi connectivity index (χ1) is 6.08. The van der Waals surface area contributed by atoms with E-state index in [4.69, 9.17) is 0 Å². The van der Waals surface area contributed by atoms with Crippen LogP contribution in [0.25, 0.3) is 0 Å². The fourth-order valence-electron chi connectivity index (χ4n) is 0.326. The number of carbonyl (C=O) groups excluding carboxylic acids is 2. The minimum Gasteiger partial charge on any atom is -0.450 e. The van der Waals surface area contributed by atoms with E-state index in [2.05, 4.69) is 22.4 Å². The maximum Gasteiger partial charge on any atom is 0.407 e. The van der Waals surface area contributed by atoms with Crippen LogP contribution in [-0.4, -0.2) is 25.2 Å². The van der Waals surface area contributed by atoms with Gasteiger partial charge in [0, 0.05) is 6.54 Å². The van der Waals surface area contributed by atoms with Crippen molar-refractivity contribution in [2.24, 2.45) is 5.73 Å². The summed E-state index contributed by atoms with van der Waals surface area (Å²) in [5.41, 5.74) is 4.53. The van der Waals surface area contributed by atoms with Crippen molar-refractivity contribution in [3.8, 4) is 0 Å². The van der Waals surface area contributed by atoms with E-state index in [1.807, 2.05) is 6.92 Å². The Kier molecular flexibility index (Phi) is 11.3. The van der Waals surface area contributed by atoms with E-state index in [9.17, 15) is 9.59 Å². The van der Waals surface area contributed by atoms with Crippen molar-refractivity contribution in [3.05, 3.63) is 12.7 Å². The third-order valence-corrected chi connectivity index (χ3v) is 0.798. The van der Waals surface area contributed by atoms with Gasteiger partial charge in [-0.05, 0) is 19.9 Å². The number of hydrogen-bond donors (Lipinski definition) is 2. The minimum atomic E-state index is -0.481. The van der Waals surface area contributed by atoms with Gasteiger partial charge in [0.25, 0.3) is 0 Å². The van der Waals surface area contributed by atoms with Crippen LogP contribution in [0.1, 0.15) is 13.8 Å². The minimum absolute atomic E-state index is 0.338. The number of hydrogen-bond acceptors (Lipinski definition) is 3. The number of nitrogens with two attached hydrogens (primary N) is 1. The SMILES string of the molecule is C=CC(N)=O.CCNC(=O)OCC. The second-order valence-electron chi connectivity index (χ2n) is 1.86. The number of ether oxygens (including phenoxy) is 1. The summed E-state index contributed by atoms with van der Waals surface area (Å²) in [6.07, 6.45) is 0.718. The molecule has 0 unspecified atom stereocenters. The molecule has 0 aliphatic heterocycles. The first kappa shape index (κ1) is 14.0.